The number of amides is 1. The summed E-state index contributed by atoms with van der Waals surface area (Å²) in [6.45, 7) is 4.17. The summed E-state index contributed by atoms with van der Waals surface area (Å²) in [5.41, 5.74) is 0.866. The number of aromatic nitrogens is 2. The summed E-state index contributed by atoms with van der Waals surface area (Å²) in [6.07, 6.45) is 7.51. The van der Waals surface area contributed by atoms with Crippen molar-refractivity contribution in [2.45, 2.75) is 49.8 Å². The minimum atomic E-state index is -0.0693. The lowest BCUT2D eigenvalue weighted by atomic mass is 9.94. The van der Waals surface area contributed by atoms with Crippen molar-refractivity contribution in [2.24, 2.45) is 0 Å². The maximum Gasteiger partial charge on any atom is 0.263 e. The van der Waals surface area contributed by atoms with Gasteiger partial charge in [0.2, 0.25) is 5.91 Å². The Bertz CT molecular complexity index is 1090. The van der Waals surface area contributed by atoms with Gasteiger partial charge in [-0.15, -0.1) is 29.3 Å². The van der Waals surface area contributed by atoms with Gasteiger partial charge in [-0.3, -0.25) is 14.2 Å². The van der Waals surface area contributed by atoms with Crippen molar-refractivity contribution in [3.63, 3.8) is 0 Å². The van der Waals surface area contributed by atoms with Crippen LogP contribution in [0.1, 0.15) is 32.1 Å². The van der Waals surface area contributed by atoms with Gasteiger partial charge in [-0.1, -0.05) is 43.2 Å². The molecule has 4 rings (SSSR count). The molecular formula is C22H25N3O2S3. The van der Waals surface area contributed by atoms with Gasteiger partial charge < -0.3 is 4.90 Å². The van der Waals surface area contributed by atoms with E-state index in [-0.39, 0.29) is 17.2 Å². The molecule has 0 spiro atoms. The minimum absolute atomic E-state index is 0.0693. The van der Waals surface area contributed by atoms with E-state index in [0.29, 0.717) is 23.1 Å². The molecule has 1 saturated carbocycles. The average Bonchev–Trinajstić information content (AvgIpc) is 3.44. The van der Waals surface area contributed by atoms with E-state index in [0.717, 1.165) is 28.1 Å². The Morgan fingerprint density at radius 1 is 1.37 bits per heavy atom. The number of thiophene rings is 2. The van der Waals surface area contributed by atoms with Crippen LogP contribution in [0.2, 0.25) is 0 Å². The molecule has 3 aromatic heterocycles. The molecule has 0 aromatic carbocycles. The molecule has 1 amide bonds. The van der Waals surface area contributed by atoms with E-state index in [1.807, 2.05) is 34.8 Å². The summed E-state index contributed by atoms with van der Waals surface area (Å²) in [5, 5.41) is 5.24. The number of hydrogen-bond donors (Lipinski definition) is 0. The first kappa shape index (κ1) is 21.3. The van der Waals surface area contributed by atoms with Crippen molar-refractivity contribution >= 4 is 50.6 Å². The zero-order valence-corrected chi connectivity index (χ0v) is 19.5. The number of fused-ring (bicyclic) bond motifs is 1. The van der Waals surface area contributed by atoms with Crippen molar-refractivity contribution < 1.29 is 4.79 Å². The van der Waals surface area contributed by atoms with Crippen LogP contribution >= 0.6 is 34.4 Å². The van der Waals surface area contributed by atoms with Crippen LogP contribution in [0.5, 0.6) is 0 Å². The van der Waals surface area contributed by atoms with E-state index < -0.39 is 0 Å². The van der Waals surface area contributed by atoms with Crippen LogP contribution in [0.25, 0.3) is 20.7 Å². The Morgan fingerprint density at radius 2 is 2.17 bits per heavy atom. The van der Waals surface area contributed by atoms with Crippen molar-refractivity contribution in [1.82, 2.24) is 14.5 Å². The Labute approximate surface area is 188 Å². The van der Waals surface area contributed by atoms with Crippen molar-refractivity contribution in [3.8, 4) is 10.4 Å². The van der Waals surface area contributed by atoms with Crippen molar-refractivity contribution in [2.75, 3.05) is 12.8 Å². The Kier molecular flexibility index (Phi) is 6.75. The van der Waals surface area contributed by atoms with Crippen LogP contribution in [0.4, 0.5) is 0 Å². The normalized spacial score (nSPS) is 14.8. The second-order valence-corrected chi connectivity index (χ2v) is 10.2. The van der Waals surface area contributed by atoms with E-state index in [1.165, 1.54) is 42.4 Å². The second kappa shape index (κ2) is 9.49. The Balaban J connectivity index is 1.60. The molecule has 0 saturated heterocycles. The average molecular weight is 460 g/mol. The zero-order valence-electron chi connectivity index (χ0n) is 17.0. The molecule has 158 valence electrons. The molecule has 5 nitrogen and oxygen atoms in total. The fourth-order valence-electron chi connectivity index (χ4n) is 3.92. The van der Waals surface area contributed by atoms with Gasteiger partial charge >= 0.3 is 0 Å². The van der Waals surface area contributed by atoms with Gasteiger partial charge in [-0.2, -0.15) is 0 Å². The Hall–Kier alpha value is -1.90. The maximum atomic E-state index is 13.3. The van der Waals surface area contributed by atoms with Gasteiger partial charge in [0.1, 0.15) is 4.83 Å². The van der Waals surface area contributed by atoms with Crippen LogP contribution in [0.15, 0.2) is 45.5 Å². The number of rotatable bonds is 7. The molecular weight excluding hydrogens is 434 g/mol. The van der Waals surface area contributed by atoms with E-state index >= 15 is 0 Å². The molecule has 0 atom stereocenters. The summed E-state index contributed by atoms with van der Waals surface area (Å²) in [4.78, 5) is 34.5. The SMILES string of the molecule is C=CCn1c(SCC(=O)N(C)C2CCCCC2)nc2scc(-c3cccs3)c2c1=O. The third-order valence-corrected chi connectivity index (χ3v) is 8.33. The zero-order chi connectivity index (χ0) is 21.1. The number of thioether (sulfide) groups is 1. The highest BCUT2D eigenvalue weighted by Gasteiger charge is 2.23. The third kappa shape index (κ3) is 4.26. The highest BCUT2D eigenvalue weighted by atomic mass is 32.2. The minimum Gasteiger partial charge on any atom is -0.342 e. The number of carbonyl (C=O) groups is 1. The molecule has 0 radical (unpaired) electrons. The molecule has 1 aliphatic carbocycles. The largest absolute Gasteiger partial charge is 0.342 e. The monoisotopic (exact) mass is 459 g/mol. The number of allylic oxidation sites excluding steroid dienone is 1. The third-order valence-electron chi connectivity index (χ3n) is 5.60. The van der Waals surface area contributed by atoms with E-state index in [1.54, 1.807) is 22.0 Å². The number of carbonyl (C=O) groups excluding carboxylic acids is 1. The summed E-state index contributed by atoms with van der Waals surface area (Å²) >= 11 is 4.44. The van der Waals surface area contributed by atoms with Crippen LogP contribution in [-0.2, 0) is 11.3 Å². The molecule has 30 heavy (non-hydrogen) atoms. The number of hydrogen-bond acceptors (Lipinski definition) is 6. The van der Waals surface area contributed by atoms with Gasteiger partial charge in [-0.25, -0.2) is 4.98 Å². The quantitative estimate of drug-likeness (QED) is 0.275. The van der Waals surface area contributed by atoms with Gasteiger partial charge in [0, 0.05) is 35.5 Å². The summed E-state index contributed by atoms with van der Waals surface area (Å²) < 4.78 is 1.64. The molecule has 0 unspecified atom stereocenters. The van der Waals surface area contributed by atoms with E-state index in [2.05, 4.69) is 6.58 Å². The Morgan fingerprint density at radius 3 is 2.87 bits per heavy atom. The van der Waals surface area contributed by atoms with Crippen LogP contribution < -0.4 is 5.56 Å². The van der Waals surface area contributed by atoms with Crippen LogP contribution in [-0.4, -0.2) is 39.2 Å². The fourth-order valence-corrected chi connectivity index (χ4v) is 6.65. The highest BCUT2D eigenvalue weighted by Crippen LogP contribution is 2.34. The summed E-state index contributed by atoms with van der Waals surface area (Å²) in [5.74, 6) is 0.377. The van der Waals surface area contributed by atoms with Gasteiger partial charge in [0.05, 0.1) is 11.1 Å². The standard InChI is InChI=1S/C22H25N3O2S3/c1-3-11-25-21(27)19-16(17-10-7-12-28-17)13-29-20(19)23-22(25)30-14-18(26)24(2)15-8-5-4-6-9-15/h3,7,10,12-13,15H,1,4-6,8-9,11,14H2,2H3. The molecule has 1 aliphatic rings. The lowest BCUT2D eigenvalue weighted by Gasteiger charge is -2.31. The van der Waals surface area contributed by atoms with Crippen LogP contribution in [0.3, 0.4) is 0 Å². The van der Waals surface area contributed by atoms with Crippen LogP contribution in [0, 0.1) is 0 Å². The van der Waals surface area contributed by atoms with E-state index in [4.69, 9.17) is 4.98 Å². The first-order chi connectivity index (χ1) is 14.6. The smallest absolute Gasteiger partial charge is 0.263 e. The summed E-state index contributed by atoms with van der Waals surface area (Å²) in [7, 11) is 1.90. The van der Waals surface area contributed by atoms with Gasteiger partial charge in [-0.05, 0) is 24.3 Å². The molecule has 3 aromatic rings. The summed E-state index contributed by atoms with van der Waals surface area (Å²) in [6, 6.07) is 4.34. The van der Waals surface area contributed by atoms with Crippen molar-refractivity contribution in [3.05, 3.63) is 45.9 Å². The van der Waals surface area contributed by atoms with Gasteiger partial charge in [0.15, 0.2) is 5.16 Å². The van der Waals surface area contributed by atoms with E-state index in [9.17, 15) is 9.59 Å². The molecule has 8 heteroatoms. The fraction of sp³-hybridized carbons (Fsp3) is 0.409. The molecule has 3 heterocycles. The first-order valence-corrected chi connectivity index (χ1v) is 12.9. The second-order valence-electron chi connectivity index (χ2n) is 7.49. The molecule has 0 N–H and O–H groups in total. The predicted octanol–water partition coefficient (Wildman–Crippen LogP) is 5.26. The molecule has 1 fully saturated rings. The maximum absolute atomic E-state index is 13.3. The predicted molar refractivity (Wildman–Crippen MR) is 128 cm³/mol. The van der Waals surface area contributed by atoms with Gasteiger partial charge in [0.25, 0.3) is 5.56 Å². The lowest BCUT2D eigenvalue weighted by Crippen LogP contribution is -2.39. The topological polar surface area (TPSA) is 55.2 Å². The molecule has 0 aliphatic heterocycles. The van der Waals surface area contributed by atoms with Crippen molar-refractivity contribution in [1.29, 1.82) is 0 Å². The molecule has 0 bridgehead atoms. The lowest BCUT2D eigenvalue weighted by molar-refractivity contribution is -0.129. The first-order valence-electron chi connectivity index (χ1n) is 10.2. The number of nitrogens with zero attached hydrogens (tertiary/aromatic N) is 3. The highest BCUT2D eigenvalue weighted by molar-refractivity contribution is 7.99.